The van der Waals surface area contributed by atoms with Crippen LogP contribution >= 0.6 is 0 Å². The first-order valence-electron chi connectivity index (χ1n) is 6.02. The van der Waals surface area contributed by atoms with Crippen molar-refractivity contribution in [1.29, 1.82) is 0 Å². The van der Waals surface area contributed by atoms with Crippen molar-refractivity contribution in [1.82, 2.24) is 0 Å². The molecule has 1 heteroatoms. The van der Waals surface area contributed by atoms with Gasteiger partial charge in [0.05, 0.1) is 6.10 Å². The zero-order valence-electron chi connectivity index (χ0n) is 9.26. The van der Waals surface area contributed by atoms with Crippen LogP contribution in [0.5, 0.6) is 0 Å². The summed E-state index contributed by atoms with van der Waals surface area (Å²) in [5.74, 6) is 0.339. The van der Waals surface area contributed by atoms with Crippen molar-refractivity contribution >= 4 is 10.8 Å². The number of rotatable bonds is 1. The van der Waals surface area contributed by atoms with Gasteiger partial charge in [0.25, 0.3) is 0 Å². The molecule has 0 aromatic heterocycles. The van der Waals surface area contributed by atoms with Gasteiger partial charge in [0, 0.05) is 5.92 Å². The maximum absolute atomic E-state index is 10.0. The molecule has 2 aromatic rings. The maximum atomic E-state index is 10.0. The molecule has 3 rings (SSSR count). The Hall–Kier alpha value is -1.34. The van der Waals surface area contributed by atoms with Crippen LogP contribution in [0.1, 0.15) is 30.7 Å². The molecule has 0 radical (unpaired) electrons. The third-order valence-electron chi connectivity index (χ3n) is 3.70. The predicted molar refractivity (Wildman–Crippen MR) is 66.5 cm³/mol. The second kappa shape index (κ2) is 3.91. The number of aliphatic hydroxyl groups is 1. The molecule has 1 N–H and O–H groups in total. The second-order valence-electron chi connectivity index (χ2n) is 4.67. The summed E-state index contributed by atoms with van der Waals surface area (Å²) in [6.07, 6.45) is 3.07. The van der Waals surface area contributed by atoms with Crippen LogP contribution in [0.3, 0.4) is 0 Å². The van der Waals surface area contributed by atoms with Gasteiger partial charge in [-0.2, -0.15) is 0 Å². The fourth-order valence-electron chi connectivity index (χ4n) is 2.88. The van der Waals surface area contributed by atoms with Crippen molar-refractivity contribution in [3.63, 3.8) is 0 Å². The third-order valence-corrected chi connectivity index (χ3v) is 3.70. The third kappa shape index (κ3) is 1.52. The van der Waals surface area contributed by atoms with Crippen molar-refractivity contribution in [3.8, 4) is 0 Å². The van der Waals surface area contributed by atoms with E-state index < -0.39 is 0 Å². The van der Waals surface area contributed by atoms with Gasteiger partial charge in [-0.3, -0.25) is 0 Å². The van der Waals surface area contributed by atoms with Gasteiger partial charge < -0.3 is 5.11 Å². The zero-order chi connectivity index (χ0) is 11.0. The second-order valence-corrected chi connectivity index (χ2v) is 4.67. The zero-order valence-corrected chi connectivity index (χ0v) is 9.26. The lowest BCUT2D eigenvalue weighted by Gasteiger charge is -2.17. The number of hydrogen-bond acceptors (Lipinski definition) is 1. The minimum Gasteiger partial charge on any atom is -0.392 e. The molecule has 82 valence electrons. The highest BCUT2D eigenvalue weighted by atomic mass is 16.3. The number of hydrogen-bond donors (Lipinski definition) is 1. The smallest absolute Gasteiger partial charge is 0.0608 e. The molecule has 16 heavy (non-hydrogen) atoms. The van der Waals surface area contributed by atoms with Crippen LogP contribution < -0.4 is 0 Å². The molecule has 1 fully saturated rings. The van der Waals surface area contributed by atoms with Crippen LogP contribution in [0.25, 0.3) is 10.8 Å². The minimum absolute atomic E-state index is 0.147. The quantitative estimate of drug-likeness (QED) is 0.767. The molecule has 0 unspecified atom stereocenters. The van der Waals surface area contributed by atoms with Crippen LogP contribution in [0.2, 0.25) is 0 Å². The van der Waals surface area contributed by atoms with E-state index in [0.29, 0.717) is 5.92 Å². The van der Waals surface area contributed by atoms with E-state index in [2.05, 4.69) is 42.5 Å². The Morgan fingerprint density at radius 3 is 2.56 bits per heavy atom. The Morgan fingerprint density at radius 2 is 1.75 bits per heavy atom. The van der Waals surface area contributed by atoms with Crippen LogP contribution in [-0.4, -0.2) is 11.2 Å². The van der Waals surface area contributed by atoms with E-state index in [1.807, 2.05) is 0 Å². The summed E-state index contributed by atoms with van der Waals surface area (Å²) in [6.45, 7) is 0. The van der Waals surface area contributed by atoms with Crippen LogP contribution in [0, 0.1) is 0 Å². The van der Waals surface area contributed by atoms with E-state index in [-0.39, 0.29) is 6.10 Å². The monoisotopic (exact) mass is 212 g/mol. The average molecular weight is 212 g/mol. The SMILES string of the molecule is O[C@@H]1CCC[C@H]1c1cccc2ccccc12. The van der Waals surface area contributed by atoms with Gasteiger partial charge in [-0.15, -0.1) is 0 Å². The highest BCUT2D eigenvalue weighted by Crippen LogP contribution is 2.37. The Morgan fingerprint density at radius 1 is 0.938 bits per heavy atom. The first-order chi connectivity index (χ1) is 7.86. The van der Waals surface area contributed by atoms with E-state index in [9.17, 15) is 5.11 Å². The summed E-state index contributed by atoms with van der Waals surface area (Å²) in [4.78, 5) is 0. The molecule has 0 amide bonds. The minimum atomic E-state index is -0.147. The van der Waals surface area contributed by atoms with E-state index in [0.717, 1.165) is 19.3 Å². The predicted octanol–water partition coefficient (Wildman–Crippen LogP) is 3.47. The Labute approximate surface area is 95.7 Å². The molecular weight excluding hydrogens is 196 g/mol. The summed E-state index contributed by atoms with van der Waals surface area (Å²) in [6, 6.07) is 14.9. The first-order valence-corrected chi connectivity index (χ1v) is 6.02. The summed E-state index contributed by atoms with van der Waals surface area (Å²) in [5.41, 5.74) is 1.32. The van der Waals surface area contributed by atoms with Gasteiger partial charge in [0.15, 0.2) is 0 Å². The Bertz CT molecular complexity index is 498. The maximum Gasteiger partial charge on any atom is 0.0608 e. The van der Waals surface area contributed by atoms with E-state index in [1.54, 1.807) is 0 Å². The number of aliphatic hydroxyl groups excluding tert-OH is 1. The molecule has 1 aliphatic rings. The van der Waals surface area contributed by atoms with Gasteiger partial charge in [0.1, 0.15) is 0 Å². The first kappa shape index (κ1) is 9.86. The molecule has 2 atom stereocenters. The van der Waals surface area contributed by atoms with Crippen molar-refractivity contribution in [2.75, 3.05) is 0 Å². The van der Waals surface area contributed by atoms with Crippen LogP contribution in [-0.2, 0) is 0 Å². The Balaban J connectivity index is 2.16. The largest absolute Gasteiger partial charge is 0.392 e. The fraction of sp³-hybridized carbons (Fsp3) is 0.333. The highest BCUT2D eigenvalue weighted by molar-refractivity contribution is 5.86. The molecule has 1 saturated carbocycles. The molecule has 1 aliphatic carbocycles. The van der Waals surface area contributed by atoms with E-state index in [4.69, 9.17) is 0 Å². The van der Waals surface area contributed by atoms with Crippen molar-refractivity contribution < 1.29 is 5.11 Å². The van der Waals surface area contributed by atoms with Gasteiger partial charge in [-0.05, 0) is 29.2 Å². The van der Waals surface area contributed by atoms with Crippen LogP contribution in [0.15, 0.2) is 42.5 Å². The molecule has 0 saturated heterocycles. The highest BCUT2D eigenvalue weighted by Gasteiger charge is 2.27. The van der Waals surface area contributed by atoms with Gasteiger partial charge in [0.2, 0.25) is 0 Å². The van der Waals surface area contributed by atoms with Gasteiger partial charge >= 0.3 is 0 Å². The summed E-state index contributed by atoms with van der Waals surface area (Å²) in [5, 5.41) is 12.6. The van der Waals surface area contributed by atoms with E-state index >= 15 is 0 Å². The topological polar surface area (TPSA) is 20.2 Å². The van der Waals surface area contributed by atoms with Crippen molar-refractivity contribution in [2.45, 2.75) is 31.3 Å². The van der Waals surface area contributed by atoms with Gasteiger partial charge in [-0.25, -0.2) is 0 Å². The summed E-state index contributed by atoms with van der Waals surface area (Å²) < 4.78 is 0. The molecule has 0 spiro atoms. The van der Waals surface area contributed by atoms with E-state index in [1.165, 1.54) is 16.3 Å². The summed E-state index contributed by atoms with van der Waals surface area (Å²) in [7, 11) is 0. The molecular formula is C15H16O. The molecule has 0 heterocycles. The van der Waals surface area contributed by atoms with Crippen LogP contribution in [0.4, 0.5) is 0 Å². The molecule has 0 aliphatic heterocycles. The average Bonchev–Trinajstić information content (AvgIpc) is 2.75. The number of fused-ring (bicyclic) bond motifs is 1. The van der Waals surface area contributed by atoms with Gasteiger partial charge in [-0.1, -0.05) is 48.9 Å². The fourth-order valence-corrected chi connectivity index (χ4v) is 2.88. The lowest BCUT2D eigenvalue weighted by atomic mass is 9.91. The van der Waals surface area contributed by atoms with Crippen molar-refractivity contribution in [3.05, 3.63) is 48.0 Å². The van der Waals surface area contributed by atoms with Crippen molar-refractivity contribution in [2.24, 2.45) is 0 Å². The molecule has 0 bridgehead atoms. The molecule has 2 aromatic carbocycles. The molecule has 1 nitrogen and oxygen atoms in total. The summed E-state index contributed by atoms with van der Waals surface area (Å²) >= 11 is 0. The standard InChI is InChI=1S/C15H16O/c16-15-10-4-9-14(15)13-8-3-6-11-5-1-2-7-12(11)13/h1-3,5-8,14-16H,4,9-10H2/t14-,15+/m0/s1. The lowest BCUT2D eigenvalue weighted by Crippen LogP contribution is -2.11. The lowest BCUT2D eigenvalue weighted by molar-refractivity contribution is 0.164. The number of benzene rings is 2. The normalized spacial score (nSPS) is 25.1. The Kier molecular flexibility index (Phi) is 2.41.